The molecule has 2 heterocycles. The molecule has 2 saturated heterocycles. The van der Waals surface area contributed by atoms with E-state index in [4.69, 9.17) is 27.9 Å². The quantitative estimate of drug-likeness (QED) is 0.361. The average Bonchev–Trinajstić information content (AvgIpc) is 3.41. The number of amides is 2. The lowest BCUT2D eigenvalue weighted by atomic mass is 9.77. The van der Waals surface area contributed by atoms with Crippen LogP contribution in [0.25, 0.3) is 0 Å². The minimum Gasteiger partial charge on any atom is -0.349 e. The number of ether oxygens (including phenoxy) is 1. The van der Waals surface area contributed by atoms with E-state index in [1.54, 1.807) is 55.5 Å². The Kier molecular flexibility index (Phi) is 4.81. The van der Waals surface area contributed by atoms with Gasteiger partial charge in [0.1, 0.15) is 0 Å². The summed E-state index contributed by atoms with van der Waals surface area (Å²) in [5, 5.41) is 0.785. The predicted molar refractivity (Wildman–Crippen MR) is 129 cm³/mol. The Hall–Kier alpha value is -3.32. The summed E-state index contributed by atoms with van der Waals surface area (Å²) in [6, 6.07) is 17.9. The molecule has 3 aromatic rings. The molecule has 2 fully saturated rings. The number of Topliss-reactive ketones (excluding diaryl/α,β-unsaturated/α-hetero) is 2. The molecule has 1 spiro atoms. The molecule has 0 saturated carbocycles. The lowest BCUT2D eigenvalue weighted by Gasteiger charge is -2.27. The lowest BCUT2D eigenvalue weighted by molar-refractivity contribution is -0.127. The van der Waals surface area contributed by atoms with Crippen molar-refractivity contribution in [3.8, 4) is 0 Å². The van der Waals surface area contributed by atoms with Gasteiger partial charge in [0.15, 0.2) is 0 Å². The summed E-state index contributed by atoms with van der Waals surface area (Å²) < 4.78 is 6.24. The largest absolute Gasteiger partial charge is 0.349 e. The number of benzene rings is 3. The normalized spacial score (nSPS) is 24.4. The Morgan fingerprint density at radius 2 is 1.51 bits per heavy atom. The summed E-state index contributed by atoms with van der Waals surface area (Å²) in [5.41, 5.74) is -0.202. The van der Waals surface area contributed by atoms with Gasteiger partial charge in [-0.25, -0.2) is 4.90 Å². The highest BCUT2D eigenvalue weighted by atomic mass is 35.5. The molecule has 6 nitrogen and oxygen atoms in total. The van der Waals surface area contributed by atoms with Crippen molar-refractivity contribution >= 4 is 52.3 Å². The first-order chi connectivity index (χ1) is 16.8. The monoisotopic (exact) mass is 505 g/mol. The fourth-order valence-corrected chi connectivity index (χ4v) is 5.85. The molecular weight excluding hydrogens is 489 g/mol. The van der Waals surface area contributed by atoms with Gasteiger partial charge in [-0.2, -0.15) is 0 Å². The van der Waals surface area contributed by atoms with Crippen LogP contribution in [-0.2, 0) is 14.3 Å². The van der Waals surface area contributed by atoms with E-state index < -0.39 is 46.9 Å². The van der Waals surface area contributed by atoms with Crippen molar-refractivity contribution in [3.63, 3.8) is 0 Å². The number of carbonyl (C=O) groups excluding carboxylic acids is 4. The van der Waals surface area contributed by atoms with E-state index in [0.29, 0.717) is 15.6 Å². The van der Waals surface area contributed by atoms with Crippen molar-refractivity contribution in [2.45, 2.75) is 18.6 Å². The van der Waals surface area contributed by atoms with Crippen LogP contribution in [-0.4, -0.2) is 29.0 Å². The summed E-state index contributed by atoms with van der Waals surface area (Å²) >= 11 is 12.5. The van der Waals surface area contributed by atoms with Gasteiger partial charge >= 0.3 is 0 Å². The van der Waals surface area contributed by atoms with Crippen LogP contribution in [0, 0.1) is 18.8 Å². The maximum atomic E-state index is 13.9. The second-order valence-electron chi connectivity index (χ2n) is 8.98. The zero-order chi connectivity index (χ0) is 24.6. The molecular formula is C27H17Cl2NO5. The van der Waals surface area contributed by atoms with Gasteiger partial charge in [0, 0.05) is 21.2 Å². The van der Waals surface area contributed by atoms with Gasteiger partial charge in [0.05, 0.1) is 23.6 Å². The predicted octanol–water partition coefficient (Wildman–Crippen LogP) is 5.00. The van der Waals surface area contributed by atoms with Gasteiger partial charge in [-0.1, -0.05) is 65.7 Å². The van der Waals surface area contributed by atoms with Gasteiger partial charge in [-0.3, -0.25) is 19.2 Å². The molecule has 3 aliphatic rings. The lowest BCUT2D eigenvalue weighted by Crippen LogP contribution is -2.51. The van der Waals surface area contributed by atoms with E-state index in [0.717, 1.165) is 10.5 Å². The van der Waals surface area contributed by atoms with E-state index in [1.807, 2.05) is 0 Å². The third-order valence-corrected chi connectivity index (χ3v) is 7.75. The van der Waals surface area contributed by atoms with Crippen LogP contribution in [0.4, 0.5) is 5.69 Å². The maximum Gasteiger partial charge on any atom is 0.241 e. The maximum absolute atomic E-state index is 13.9. The van der Waals surface area contributed by atoms with Gasteiger partial charge in [-0.15, -0.1) is 0 Å². The number of halogens is 2. The van der Waals surface area contributed by atoms with Crippen molar-refractivity contribution in [2.24, 2.45) is 11.8 Å². The highest BCUT2D eigenvalue weighted by Crippen LogP contribution is 2.57. The first kappa shape index (κ1) is 22.2. The van der Waals surface area contributed by atoms with Gasteiger partial charge < -0.3 is 4.74 Å². The average molecular weight is 506 g/mol. The first-order valence-electron chi connectivity index (χ1n) is 11.0. The van der Waals surface area contributed by atoms with Crippen molar-refractivity contribution in [3.05, 3.63) is 99.0 Å². The fourth-order valence-electron chi connectivity index (χ4n) is 5.48. The topological polar surface area (TPSA) is 80.8 Å². The van der Waals surface area contributed by atoms with Crippen molar-refractivity contribution < 1.29 is 23.9 Å². The summed E-state index contributed by atoms with van der Waals surface area (Å²) in [4.78, 5) is 56.2. The van der Waals surface area contributed by atoms with Gasteiger partial charge in [0.2, 0.25) is 29.0 Å². The van der Waals surface area contributed by atoms with Crippen molar-refractivity contribution in [2.75, 3.05) is 4.90 Å². The zero-order valence-electron chi connectivity index (χ0n) is 18.3. The first-order valence-corrected chi connectivity index (χ1v) is 11.8. The van der Waals surface area contributed by atoms with Crippen LogP contribution in [0.1, 0.15) is 37.9 Å². The van der Waals surface area contributed by atoms with Crippen molar-refractivity contribution in [1.82, 2.24) is 0 Å². The molecule has 0 unspecified atom stereocenters. The minimum atomic E-state index is -2.13. The Labute approximate surface area is 210 Å². The number of aryl methyl sites for hydroxylation is 1. The Morgan fingerprint density at radius 3 is 2.14 bits per heavy atom. The number of hydrogen-bond donors (Lipinski definition) is 0. The minimum absolute atomic E-state index is 0.181. The zero-order valence-corrected chi connectivity index (χ0v) is 19.8. The van der Waals surface area contributed by atoms with Crippen LogP contribution in [0.5, 0.6) is 0 Å². The van der Waals surface area contributed by atoms with E-state index in [9.17, 15) is 19.2 Å². The molecule has 3 aromatic carbocycles. The summed E-state index contributed by atoms with van der Waals surface area (Å²) in [5.74, 6) is -4.86. The number of hydrogen-bond acceptors (Lipinski definition) is 5. The SMILES string of the molecule is Cc1ccc(N2C(=O)[C@@H]3[C@@H](c4cccc(Cl)c4)OC4(C(=O)c5ccccc5C4=O)[C@@H]3C2=O)cc1Cl. The Balaban J connectivity index is 1.55. The Bertz CT molecular complexity index is 1450. The molecule has 1 aliphatic carbocycles. The molecule has 3 atom stereocenters. The molecule has 2 amide bonds. The van der Waals surface area contributed by atoms with Crippen LogP contribution >= 0.6 is 23.2 Å². The highest BCUT2D eigenvalue weighted by molar-refractivity contribution is 6.37. The third-order valence-electron chi connectivity index (χ3n) is 7.11. The third kappa shape index (κ3) is 2.88. The van der Waals surface area contributed by atoms with Crippen LogP contribution in [0.3, 0.4) is 0 Å². The van der Waals surface area contributed by atoms with Crippen LogP contribution in [0.2, 0.25) is 10.0 Å². The molecule has 6 rings (SSSR count). The number of imide groups is 1. The summed E-state index contributed by atoms with van der Waals surface area (Å²) in [6.45, 7) is 1.81. The van der Waals surface area contributed by atoms with Crippen LogP contribution < -0.4 is 4.90 Å². The second kappa shape index (κ2) is 7.59. The molecule has 0 radical (unpaired) electrons. The van der Waals surface area contributed by atoms with Gasteiger partial charge in [-0.05, 0) is 42.3 Å². The number of carbonyl (C=O) groups is 4. The number of ketones is 2. The summed E-state index contributed by atoms with van der Waals surface area (Å²) in [6.07, 6.45) is -1.02. The highest BCUT2D eigenvalue weighted by Gasteiger charge is 2.74. The molecule has 8 heteroatoms. The number of fused-ring (bicyclic) bond motifs is 3. The van der Waals surface area contributed by atoms with E-state index >= 15 is 0 Å². The van der Waals surface area contributed by atoms with Crippen molar-refractivity contribution in [1.29, 1.82) is 0 Å². The smallest absolute Gasteiger partial charge is 0.241 e. The van der Waals surface area contributed by atoms with E-state index in [-0.39, 0.29) is 16.8 Å². The molecule has 2 aliphatic heterocycles. The number of nitrogens with zero attached hydrogens (tertiary/aromatic N) is 1. The van der Waals surface area contributed by atoms with E-state index in [1.165, 1.54) is 18.2 Å². The molecule has 0 N–H and O–H groups in total. The van der Waals surface area contributed by atoms with Gasteiger partial charge in [0.25, 0.3) is 0 Å². The number of anilines is 1. The van der Waals surface area contributed by atoms with E-state index in [2.05, 4.69) is 0 Å². The molecule has 35 heavy (non-hydrogen) atoms. The number of rotatable bonds is 2. The molecule has 0 bridgehead atoms. The molecule has 0 aromatic heterocycles. The van der Waals surface area contributed by atoms with Crippen LogP contribution in [0.15, 0.2) is 66.7 Å². The summed E-state index contributed by atoms with van der Waals surface area (Å²) in [7, 11) is 0. The standard InChI is InChI=1S/C27H17Cl2NO5/c1-13-9-10-16(12-19(13)29)30-25(33)20-21(26(30)34)27(35-22(20)14-5-4-6-15(28)11-14)23(31)17-7-2-3-8-18(17)24(27)32/h2-12,20-22H,1H3/t20-,21-,22+/m0/s1. The second-order valence-corrected chi connectivity index (χ2v) is 9.83. The fraction of sp³-hybridized carbons (Fsp3) is 0.185. The molecule has 174 valence electrons. The Morgan fingerprint density at radius 1 is 0.829 bits per heavy atom.